The highest BCUT2D eigenvalue weighted by atomic mass is 32.2. The van der Waals surface area contributed by atoms with Gasteiger partial charge in [0.15, 0.2) is 0 Å². The molecule has 0 radical (unpaired) electrons. The molecule has 3 atom stereocenters. The number of aromatic nitrogens is 1. The van der Waals surface area contributed by atoms with Crippen molar-refractivity contribution in [2.75, 3.05) is 25.6 Å². The third-order valence-corrected chi connectivity index (χ3v) is 7.62. The first kappa shape index (κ1) is 27.5. The normalized spacial score (nSPS) is 16.4. The van der Waals surface area contributed by atoms with E-state index in [1.807, 2.05) is 12.3 Å². The van der Waals surface area contributed by atoms with E-state index in [-0.39, 0.29) is 18.2 Å². The van der Waals surface area contributed by atoms with Crippen LogP contribution >= 0.6 is 8.58 Å². The monoisotopic (exact) mass is 516 g/mol. The van der Waals surface area contributed by atoms with Crippen LogP contribution < -0.4 is 15.2 Å². The predicted octanol–water partition coefficient (Wildman–Crippen LogP) is 3.95. The highest BCUT2D eigenvalue weighted by molar-refractivity contribution is 7.89. The Labute approximate surface area is 214 Å². The van der Waals surface area contributed by atoms with Gasteiger partial charge in [-0.1, -0.05) is 33.7 Å². The van der Waals surface area contributed by atoms with Crippen molar-refractivity contribution in [1.29, 1.82) is 0 Å². The van der Waals surface area contributed by atoms with Gasteiger partial charge in [-0.3, -0.25) is 14.7 Å². The summed E-state index contributed by atoms with van der Waals surface area (Å²) < 4.78 is 20.0. The van der Waals surface area contributed by atoms with Crippen molar-refractivity contribution in [2.24, 2.45) is 5.73 Å². The van der Waals surface area contributed by atoms with E-state index in [0.717, 1.165) is 61.2 Å². The number of nitrogens with one attached hydrogen (secondary N) is 1. The van der Waals surface area contributed by atoms with Crippen LogP contribution in [-0.4, -0.2) is 45.9 Å². The quantitative estimate of drug-likeness (QED) is 0.346. The van der Waals surface area contributed by atoms with Crippen molar-refractivity contribution in [3.05, 3.63) is 70.4 Å². The van der Waals surface area contributed by atoms with Gasteiger partial charge in [-0.25, -0.2) is 0 Å². The summed E-state index contributed by atoms with van der Waals surface area (Å²) in [7, 11) is 0.716. The first-order valence-electron chi connectivity index (χ1n) is 12.0. The molecule has 1 amide bonds. The summed E-state index contributed by atoms with van der Waals surface area (Å²) in [4.78, 5) is 19.1. The summed E-state index contributed by atoms with van der Waals surface area (Å²) in [5.41, 5.74) is 11.8. The maximum Gasteiger partial charge on any atom is 0.261 e. The molecule has 0 aliphatic carbocycles. The number of hydrogen-bond acceptors (Lipinski definition) is 6. The van der Waals surface area contributed by atoms with Gasteiger partial charge in [-0.2, -0.15) is 4.72 Å². The average Bonchev–Trinajstić information content (AvgIpc) is 3.03. The summed E-state index contributed by atoms with van der Waals surface area (Å²) in [5, 5.41) is 0. The van der Waals surface area contributed by atoms with E-state index < -0.39 is 11.4 Å². The molecule has 1 aromatic heterocycles. The summed E-state index contributed by atoms with van der Waals surface area (Å²) in [5.74, 6) is 2.80. The number of amides is 1. The summed E-state index contributed by atoms with van der Waals surface area (Å²) in [6.45, 7) is 7.29. The lowest BCUT2D eigenvalue weighted by Crippen LogP contribution is -2.30. The van der Waals surface area contributed by atoms with Gasteiger partial charge in [0.2, 0.25) is 0 Å². The molecule has 35 heavy (non-hydrogen) atoms. The molecule has 0 spiro atoms. The van der Waals surface area contributed by atoms with Crippen molar-refractivity contribution in [3.63, 3.8) is 0 Å². The van der Waals surface area contributed by atoms with Gasteiger partial charge in [-0.15, -0.1) is 0 Å². The van der Waals surface area contributed by atoms with Crippen LogP contribution in [0.25, 0.3) is 0 Å². The van der Waals surface area contributed by atoms with Gasteiger partial charge in [0.05, 0.1) is 11.4 Å². The molecule has 1 aliphatic heterocycles. The fourth-order valence-electron chi connectivity index (χ4n) is 4.23. The number of rotatable bonds is 11. The smallest absolute Gasteiger partial charge is 0.261 e. The third-order valence-electron chi connectivity index (χ3n) is 6.12. The predicted molar refractivity (Wildman–Crippen MR) is 145 cm³/mol. The summed E-state index contributed by atoms with van der Waals surface area (Å²) in [6.07, 6.45) is 7.97. The molecule has 2 heterocycles. The molecule has 0 fully saturated rings. The van der Waals surface area contributed by atoms with Crippen LogP contribution in [0.15, 0.2) is 48.2 Å². The Balaban J connectivity index is 1.78. The van der Waals surface area contributed by atoms with E-state index in [0.29, 0.717) is 15.2 Å². The van der Waals surface area contributed by atoms with E-state index in [2.05, 4.69) is 52.5 Å². The molecule has 0 bridgehead atoms. The fourth-order valence-corrected chi connectivity index (χ4v) is 5.24. The minimum absolute atomic E-state index is 0.00722. The largest absolute Gasteiger partial charge is 0.593 e. The lowest BCUT2D eigenvalue weighted by atomic mass is 9.88. The number of nitrogens with zero attached hydrogens (tertiary/aromatic N) is 2. The van der Waals surface area contributed by atoms with Crippen LogP contribution in [-0.2, 0) is 29.2 Å². The van der Waals surface area contributed by atoms with Crippen molar-refractivity contribution in [1.82, 2.24) is 14.6 Å². The second-order valence-corrected chi connectivity index (χ2v) is 11.4. The second-order valence-electron chi connectivity index (χ2n) is 8.92. The highest BCUT2D eigenvalue weighted by Gasteiger charge is 2.21. The number of hydrogen-bond donors (Lipinski definition) is 2. The number of fused-ring (bicyclic) bond motifs is 1. The van der Waals surface area contributed by atoms with Crippen LogP contribution in [0.5, 0.6) is 5.75 Å². The van der Waals surface area contributed by atoms with Crippen LogP contribution in [0.2, 0.25) is 0 Å². The third kappa shape index (κ3) is 8.80. The van der Waals surface area contributed by atoms with E-state index in [4.69, 9.17) is 10.5 Å². The number of nitrogens with two attached hydrogens (primary N) is 1. The van der Waals surface area contributed by atoms with E-state index >= 15 is 0 Å². The number of pyridine rings is 1. The number of benzene rings is 1. The molecule has 1 aliphatic rings. The van der Waals surface area contributed by atoms with Crippen LogP contribution in [0, 0.1) is 6.92 Å². The number of aryl methyl sites for hydroxylation is 1. The van der Waals surface area contributed by atoms with Gasteiger partial charge in [-0.05, 0) is 60.4 Å². The van der Waals surface area contributed by atoms with Crippen molar-refractivity contribution in [2.45, 2.75) is 52.1 Å². The molecule has 0 saturated heterocycles. The van der Waals surface area contributed by atoms with Crippen molar-refractivity contribution < 1.29 is 14.1 Å². The first-order chi connectivity index (χ1) is 16.9. The number of allylic oxidation sites excluding steroid dienone is 1. The van der Waals surface area contributed by atoms with Gasteiger partial charge in [0.1, 0.15) is 18.6 Å². The van der Waals surface area contributed by atoms with Gasteiger partial charge < -0.3 is 15.0 Å². The number of carbonyl (C=O) groups excluding carboxylic acids is 1. The first-order valence-corrected chi connectivity index (χ1v) is 14.9. The summed E-state index contributed by atoms with van der Waals surface area (Å²) >= 11 is -1.38. The molecule has 3 unspecified atom stereocenters. The molecule has 2 aromatic rings. The van der Waals surface area contributed by atoms with Crippen LogP contribution in [0.4, 0.5) is 0 Å². The Kier molecular flexibility index (Phi) is 10.9. The molecule has 3 N–H and O–H groups in total. The molecule has 0 saturated carbocycles. The topological polar surface area (TPSA) is 104 Å². The molecule has 7 nitrogen and oxygen atoms in total. The average molecular weight is 517 g/mol. The molecular weight excluding hydrogens is 479 g/mol. The Morgan fingerprint density at radius 1 is 1.43 bits per heavy atom. The SMILES string of the molecule is CCP/C=C(\N)CCC(CC(=O)N[S+](C)[O-])c1ccc(C)c(CN2CCOc3ccncc3C2)c1. The van der Waals surface area contributed by atoms with E-state index in [9.17, 15) is 9.35 Å². The number of ether oxygens (including phenoxy) is 1. The van der Waals surface area contributed by atoms with Crippen molar-refractivity contribution >= 4 is 25.8 Å². The highest BCUT2D eigenvalue weighted by Crippen LogP contribution is 2.30. The number of carbonyl (C=O) groups is 1. The van der Waals surface area contributed by atoms with Gasteiger partial charge >= 0.3 is 0 Å². The molecule has 9 heteroatoms. The van der Waals surface area contributed by atoms with Gasteiger partial charge in [0.25, 0.3) is 5.91 Å². The Bertz CT molecular complexity index is 1020. The maximum absolute atomic E-state index is 12.5. The fraction of sp³-hybridized carbons (Fsp3) is 0.462. The second kappa shape index (κ2) is 13.8. The standard InChI is InChI=1S/C26H37N4O3PS/c1-4-34-18-24(27)8-7-21(14-26(31)29-35(3)32)20-6-5-19(2)22(13-20)16-30-11-12-33-25-9-10-28-15-23(25)17-30/h5-6,9-10,13,15,18,21,34H,4,7-8,11-12,14,16-17,27H2,1-3H3,(H,29,31)/b24-18-. The van der Waals surface area contributed by atoms with Gasteiger partial charge in [0, 0.05) is 49.7 Å². The minimum atomic E-state index is -1.38. The van der Waals surface area contributed by atoms with E-state index in [1.165, 1.54) is 17.4 Å². The molecule has 1 aromatic carbocycles. The lowest BCUT2D eigenvalue weighted by Gasteiger charge is -2.23. The Hall–Kier alpha value is -2.12. The lowest BCUT2D eigenvalue weighted by molar-refractivity contribution is -0.119. The van der Waals surface area contributed by atoms with Crippen molar-refractivity contribution in [3.8, 4) is 5.75 Å². The van der Waals surface area contributed by atoms with Crippen LogP contribution in [0.3, 0.4) is 0 Å². The van der Waals surface area contributed by atoms with Crippen LogP contribution in [0.1, 0.15) is 54.4 Å². The van der Waals surface area contributed by atoms with E-state index in [1.54, 1.807) is 6.20 Å². The molecular formula is C26H37N4O3PS. The zero-order chi connectivity index (χ0) is 25.2. The Morgan fingerprint density at radius 3 is 3.03 bits per heavy atom. The maximum atomic E-state index is 12.5. The zero-order valence-electron chi connectivity index (χ0n) is 20.9. The summed E-state index contributed by atoms with van der Waals surface area (Å²) in [6, 6.07) is 8.39. The minimum Gasteiger partial charge on any atom is -0.593 e. The Morgan fingerprint density at radius 2 is 2.26 bits per heavy atom. The zero-order valence-corrected chi connectivity index (χ0v) is 22.7. The molecule has 3 rings (SSSR count). The molecule has 190 valence electrons.